The van der Waals surface area contributed by atoms with Crippen molar-refractivity contribution < 1.29 is 14.3 Å². The highest BCUT2D eigenvalue weighted by atomic mass is 16.6. The zero-order valence-corrected chi connectivity index (χ0v) is 17.8. The van der Waals surface area contributed by atoms with Crippen LogP contribution in [0.2, 0.25) is 0 Å². The van der Waals surface area contributed by atoms with Crippen LogP contribution in [0.1, 0.15) is 43.7 Å². The highest BCUT2D eigenvalue weighted by Crippen LogP contribution is 2.34. The van der Waals surface area contributed by atoms with Gasteiger partial charge in [-0.05, 0) is 43.5 Å². The summed E-state index contributed by atoms with van der Waals surface area (Å²) >= 11 is 0. The molecule has 1 saturated carbocycles. The summed E-state index contributed by atoms with van der Waals surface area (Å²) < 4.78 is 11.8. The highest BCUT2D eigenvalue weighted by molar-refractivity contribution is 5.78. The van der Waals surface area contributed by atoms with E-state index in [9.17, 15) is 4.79 Å². The molecule has 2 aromatic rings. The number of hydrogen-bond acceptors (Lipinski definition) is 4. The first kappa shape index (κ1) is 20.7. The lowest BCUT2D eigenvalue weighted by Crippen LogP contribution is -2.44. The molecule has 0 saturated heterocycles. The van der Waals surface area contributed by atoms with E-state index in [2.05, 4.69) is 29.6 Å². The topological polar surface area (TPSA) is 50.8 Å². The number of likely N-dealkylation sites (N-methyl/N-ethyl adjacent to an activating group) is 1. The van der Waals surface area contributed by atoms with Crippen LogP contribution in [0, 0.1) is 5.92 Å². The van der Waals surface area contributed by atoms with Gasteiger partial charge in [0.25, 0.3) is 0 Å². The Balaban J connectivity index is 1.33. The number of nitrogens with one attached hydrogen (secondary N) is 1. The lowest BCUT2D eigenvalue weighted by molar-refractivity contribution is -0.123. The predicted molar refractivity (Wildman–Crippen MR) is 118 cm³/mol. The van der Waals surface area contributed by atoms with Crippen molar-refractivity contribution in [2.24, 2.45) is 5.92 Å². The molecular formula is C25H32N2O3. The Kier molecular flexibility index (Phi) is 6.90. The fourth-order valence-electron chi connectivity index (χ4n) is 4.63. The first-order valence-electron chi connectivity index (χ1n) is 11.1. The SMILES string of the molecule is CN(CC(=O)NC(c1ccccc1)C1CCCCC1)CC1COc2ccccc2O1. The number of ether oxygens (including phenoxy) is 2. The fraction of sp³-hybridized carbons (Fsp3) is 0.480. The first-order valence-corrected chi connectivity index (χ1v) is 11.1. The van der Waals surface area contributed by atoms with Gasteiger partial charge in [0.2, 0.25) is 5.91 Å². The minimum Gasteiger partial charge on any atom is -0.486 e. The van der Waals surface area contributed by atoms with Gasteiger partial charge < -0.3 is 14.8 Å². The third-order valence-electron chi connectivity index (χ3n) is 6.09. The Hall–Kier alpha value is -2.53. The summed E-state index contributed by atoms with van der Waals surface area (Å²) in [5, 5.41) is 3.33. The number of para-hydroxylation sites is 2. The summed E-state index contributed by atoms with van der Waals surface area (Å²) in [6, 6.07) is 18.2. The normalized spacial score (nSPS) is 20.0. The summed E-state index contributed by atoms with van der Waals surface area (Å²) in [5.74, 6) is 2.14. The fourth-order valence-corrected chi connectivity index (χ4v) is 4.63. The van der Waals surface area contributed by atoms with Crippen LogP contribution in [-0.4, -0.2) is 43.7 Å². The van der Waals surface area contributed by atoms with Gasteiger partial charge >= 0.3 is 0 Å². The van der Waals surface area contributed by atoms with Gasteiger partial charge in [0.1, 0.15) is 12.7 Å². The maximum Gasteiger partial charge on any atom is 0.234 e. The lowest BCUT2D eigenvalue weighted by atomic mass is 9.81. The van der Waals surface area contributed by atoms with Gasteiger partial charge in [0.05, 0.1) is 12.6 Å². The van der Waals surface area contributed by atoms with Crippen LogP contribution in [-0.2, 0) is 4.79 Å². The van der Waals surface area contributed by atoms with Crippen LogP contribution in [0.4, 0.5) is 0 Å². The number of carbonyl (C=O) groups excluding carboxylic acids is 1. The summed E-state index contributed by atoms with van der Waals surface area (Å²) in [5.41, 5.74) is 1.21. The largest absolute Gasteiger partial charge is 0.486 e. The van der Waals surface area contributed by atoms with Gasteiger partial charge in [-0.2, -0.15) is 0 Å². The number of carbonyl (C=O) groups is 1. The molecule has 30 heavy (non-hydrogen) atoms. The third kappa shape index (κ3) is 5.33. The lowest BCUT2D eigenvalue weighted by Gasteiger charge is -2.32. The van der Waals surface area contributed by atoms with Crippen molar-refractivity contribution in [2.45, 2.75) is 44.2 Å². The van der Waals surface area contributed by atoms with Crippen molar-refractivity contribution in [1.82, 2.24) is 10.2 Å². The van der Waals surface area contributed by atoms with E-state index in [0.29, 0.717) is 25.6 Å². The van der Waals surface area contributed by atoms with Gasteiger partial charge in [-0.25, -0.2) is 0 Å². The molecule has 4 rings (SSSR count). The van der Waals surface area contributed by atoms with Crippen LogP contribution in [0.25, 0.3) is 0 Å². The second-order valence-electron chi connectivity index (χ2n) is 8.55. The molecule has 1 heterocycles. The molecule has 1 aliphatic carbocycles. The summed E-state index contributed by atoms with van der Waals surface area (Å²) in [6.07, 6.45) is 6.10. The minimum atomic E-state index is -0.0824. The van der Waals surface area contributed by atoms with E-state index < -0.39 is 0 Å². The van der Waals surface area contributed by atoms with Crippen LogP contribution < -0.4 is 14.8 Å². The van der Waals surface area contributed by atoms with Crippen LogP contribution in [0.15, 0.2) is 54.6 Å². The standard InChI is InChI=1S/C25H32N2O3/c1-27(16-21-18-29-22-14-8-9-15-23(22)30-21)17-24(28)26-25(19-10-4-2-5-11-19)20-12-6-3-7-13-20/h2,4-5,8-11,14-15,20-21,25H,3,6-7,12-13,16-18H2,1H3,(H,26,28). The summed E-state index contributed by atoms with van der Waals surface area (Å²) in [4.78, 5) is 14.9. The molecule has 0 aromatic heterocycles. The van der Waals surface area contributed by atoms with Crippen LogP contribution >= 0.6 is 0 Å². The summed E-state index contributed by atoms with van der Waals surface area (Å²) in [6.45, 7) is 1.48. The molecule has 1 amide bonds. The zero-order chi connectivity index (χ0) is 20.8. The molecule has 0 spiro atoms. The second-order valence-corrected chi connectivity index (χ2v) is 8.55. The Morgan fingerprint density at radius 2 is 1.73 bits per heavy atom. The molecule has 0 radical (unpaired) electrons. The molecule has 2 aliphatic rings. The predicted octanol–water partition coefficient (Wildman–Crippen LogP) is 4.20. The molecule has 1 N–H and O–H groups in total. The van der Waals surface area contributed by atoms with Crippen molar-refractivity contribution in [1.29, 1.82) is 0 Å². The molecule has 5 nitrogen and oxygen atoms in total. The van der Waals surface area contributed by atoms with Gasteiger partial charge in [0, 0.05) is 6.54 Å². The molecule has 0 bridgehead atoms. The highest BCUT2D eigenvalue weighted by Gasteiger charge is 2.27. The van der Waals surface area contributed by atoms with E-state index >= 15 is 0 Å². The molecule has 5 heteroatoms. The Labute approximate surface area is 179 Å². The first-order chi connectivity index (χ1) is 14.7. The molecule has 1 fully saturated rings. The average molecular weight is 409 g/mol. The van der Waals surface area contributed by atoms with Gasteiger partial charge in [0.15, 0.2) is 11.5 Å². The number of fused-ring (bicyclic) bond motifs is 1. The maximum absolute atomic E-state index is 12.9. The maximum atomic E-state index is 12.9. The Morgan fingerprint density at radius 3 is 2.50 bits per heavy atom. The third-order valence-corrected chi connectivity index (χ3v) is 6.09. The van der Waals surface area contributed by atoms with E-state index in [1.807, 2.05) is 42.3 Å². The number of rotatable bonds is 7. The molecule has 2 atom stereocenters. The second kappa shape index (κ2) is 9.98. The van der Waals surface area contributed by atoms with E-state index in [-0.39, 0.29) is 18.1 Å². The van der Waals surface area contributed by atoms with Gasteiger partial charge in [-0.3, -0.25) is 9.69 Å². The molecule has 160 valence electrons. The van der Waals surface area contributed by atoms with Crippen molar-refractivity contribution in [3.05, 3.63) is 60.2 Å². The number of nitrogens with zero attached hydrogens (tertiary/aromatic N) is 1. The molecule has 2 unspecified atom stereocenters. The number of amides is 1. The smallest absolute Gasteiger partial charge is 0.234 e. The van der Waals surface area contributed by atoms with E-state index in [1.165, 1.54) is 37.7 Å². The quantitative estimate of drug-likeness (QED) is 0.746. The average Bonchev–Trinajstić information content (AvgIpc) is 2.78. The number of benzene rings is 2. The molecular weight excluding hydrogens is 376 g/mol. The van der Waals surface area contributed by atoms with E-state index in [1.54, 1.807) is 0 Å². The van der Waals surface area contributed by atoms with Crippen LogP contribution in [0.5, 0.6) is 11.5 Å². The van der Waals surface area contributed by atoms with Gasteiger partial charge in [-0.1, -0.05) is 61.7 Å². The molecule has 1 aliphatic heterocycles. The zero-order valence-electron chi connectivity index (χ0n) is 17.8. The minimum absolute atomic E-state index is 0.0639. The van der Waals surface area contributed by atoms with E-state index in [0.717, 1.165) is 11.5 Å². The summed E-state index contributed by atoms with van der Waals surface area (Å²) in [7, 11) is 1.96. The van der Waals surface area contributed by atoms with Crippen molar-refractivity contribution in [3.8, 4) is 11.5 Å². The van der Waals surface area contributed by atoms with E-state index in [4.69, 9.17) is 9.47 Å². The van der Waals surface area contributed by atoms with Crippen molar-refractivity contribution in [3.63, 3.8) is 0 Å². The monoisotopic (exact) mass is 408 g/mol. The molecule has 2 aromatic carbocycles. The van der Waals surface area contributed by atoms with Crippen molar-refractivity contribution in [2.75, 3.05) is 26.7 Å². The Morgan fingerprint density at radius 1 is 1.03 bits per heavy atom. The number of hydrogen-bond donors (Lipinski definition) is 1. The van der Waals surface area contributed by atoms with Crippen molar-refractivity contribution >= 4 is 5.91 Å². The van der Waals surface area contributed by atoms with Crippen LogP contribution in [0.3, 0.4) is 0 Å². The Bertz CT molecular complexity index is 820. The van der Waals surface area contributed by atoms with Gasteiger partial charge in [-0.15, -0.1) is 0 Å².